The second-order valence-corrected chi connectivity index (χ2v) is 11.8. The van der Waals surface area contributed by atoms with Gasteiger partial charge in [-0.3, -0.25) is 9.36 Å². The molecule has 39 heavy (non-hydrogen) atoms. The number of benzene rings is 2. The van der Waals surface area contributed by atoms with Crippen LogP contribution in [0, 0.1) is 6.92 Å². The number of carbonyl (C=O) groups is 2. The molecule has 8 nitrogen and oxygen atoms in total. The lowest BCUT2D eigenvalue weighted by atomic mass is 9.95. The number of hydrogen-bond acceptors (Lipinski definition) is 7. The molecule has 0 atom stereocenters. The normalized spacial score (nSPS) is 13.9. The van der Waals surface area contributed by atoms with Gasteiger partial charge in [0.25, 0.3) is 0 Å². The average Bonchev–Trinajstić information content (AvgIpc) is 3.35. The minimum atomic E-state index is -0.416. The lowest BCUT2D eigenvalue weighted by Gasteiger charge is -2.25. The zero-order chi connectivity index (χ0) is 27.9. The van der Waals surface area contributed by atoms with E-state index in [1.165, 1.54) is 38.1 Å². The monoisotopic (exact) mass is 614 g/mol. The number of anilines is 1. The summed E-state index contributed by atoms with van der Waals surface area (Å²) in [6.45, 7) is 6.67. The summed E-state index contributed by atoms with van der Waals surface area (Å²) in [5, 5.41) is 12.6. The first-order valence-corrected chi connectivity index (χ1v) is 15.0. The molecule has 1 fully saturated rings. The van der Waals surface area contributed by atoms with Crippen LogP contribution in [0.4, 0.5) is 5.69 Å². The second-order valence-electron chi connectivity index (χ2n) is 10.0. The molecule has 0 bridgehead atoms. The largest absolute Gasteiger partial charge is 0.485 e. The molecule has 0 saturated heterocycles. The SMILES string of the molecule is COC(=O)c1ccc(NC(=O)CSc2nnc(COc3cc(C)c(Br)cc3C(C)C)n2C2CCCCC2)cc1. The number of aromatic nitrogens is 3. The van der Waals surface area contributed by atoms with Crippen LogP contribution in [0.5, 0.6) is 5.75 Å². The van der Waals surface area contributed by atoms with E-state index in [1.807, 2.05) is 0 Å². The lowest BCUT2D eigenvalue weighted by molar-refractivity contribution is -0.113. The number of carbonyl (C=O) groups excluding carboxylic acids is 2. The Morgan fingerprint density at radius 2 is 1.85 bits per heavy atom. The molecule has 1 heterocycles. The van der Waals surface area contributed by atoms with Gasteiger partial charge in [-0.15, -0.1) is 10.2 Å². The van der Waals surface area contributed by atoms with Crippen molar-refractivity contribution in [3.63, 3.8) is 0 Å². The van der Waals surface area contributed by atoms with Crippen LogP contribution >= 0.6 is 27.7 Å². The van der Waals surface area contributed by atoms with Crippen molar-refractivity contribution in [3.05, 3.63) is 63.4 Å². The van der Waals surface area contributed by atoms with E-state index in [0.29, 0.717) is 29.8 Å². The summed E-state index contributed by atoms with van der Waals surface area (Å²) < 4.78 is 14.3. The topological polar surface area (TPSA) is 95.3 Å². The third kappa shape index (κ3) is 7.42. The molecule has 1 aromatic heterocycles. The Kier molecular flexibility index (Phi) is 10.1. The van der Waals surface area contributed by atoms with Crippen molar-refractivity contribution < 1.29 is 19.1 Å². The maximum atomic E-state index is 12.7. The Morgan fingerprint density at radius 1 is 1.13 bits per heavy atom. The van der Waals surface area contributed by atoms with Gasteiger partial charge in [0, 0.05) is 16.2 Å². The lowest BCUT2D eigenvalue weighted by Crippen LogP contribution is -2.19. The third-order valence-electron chi connectivity index (χ3n) is 6.87. The van der Waals surface area contributed by atoms with Crippen LogP contribution in [0.2, 0.25) is 0 Å². The van der Waals surface area contributed by atoms with Crippen molar-refractivity contribution in [1.29, 1.82) is 0 Å². The highest BCUT2D eigenvalue weighted by molar-refractivity contribution is 9.10. The molecule has 1 amide bonds. The molecule has 2 aromatic carbocycles. The Hall–Kier alpha value is -2.85. The zero-order valence-electron chi connectivity index (χ0n) is 22.8. The highest BCUT2D eigenvalue weighted by Gasteiger charge is 2.24. The molecule has 4 rings (SSSR count). The first-order chi connectivity index (χ1) is 18.8. The van der Waals surface area contributed by atoms with Gasteiger partial charge >= 0.3 is 5.97 Å². The van der Waals surface area contributed by atoms with Crippen LogP contribution in [-0.4, -0.2) is 39.5 Å². The summed E-state index contributed by atoms with van der Waals surface area (Å²) in [5.41, 5.74) is 3.30. The molecule has 3 aromatic rings. The van der Waals surface area contributed by atoms with Crippen LogP contribution in [0.25, 0.3) is 0 Å². The van der Waals surface area contributed by atoms with Gasteiger partial charge in [0.05, 0.1) is 18.4 Å². The Morgan fingerprint density at radius 3 is 2.51 bits per heavy atom. The fraction of sp³-hybridized carbons (Fsp3) is 0.448. The number of nitrogens with one attached hydrogen (secondary N) is 1. The minimum Gasteiger partial charge on any atom is -0.485 e. The predicted octanol–water partition coefficient (Wildman–Crippen LogP) is 7.07. The zero-order valence-corrected chi connectivity index (χ0v) is 25.2. The molecular weight excluding hydrogens is 580 g/mol. The Bertz CT molecular complexity index is 1300. The molecule has 1 N–H and O–H groups in total. The van der Waals surface area contributed by atoms with Crippen molar-refractivity contribution in [3.8, 4) is 5.75 Å². The summed E-state index contributed by atoms with van der Waals surface area (Å²) in [5.74, 6) is 1.56. The third-order valence-corrected chi connectivity index (χ3v) is 8.66. The number of halogens is 1. The van der Waals surface area contributed by atoms with Crippen molar-refractivity contribution in [2.24, 2.45) is 0 Å². The van der Waals surface area contributed by atoms with Gasteiger partial charge in [0.1, 0.15) is 12.4 Å². The van der Waals surface area contributed by atoms with Crippen molar-refractivity contribution in [2.75, 3.05) is 18.2 Å². The van der Waals surface area contributed by atoms with Gasteiger partial charge in [0.15, 0.2) is 11.0 Å². The van der Waals surface area contributed by atoms with Crippen LogP contribution in [-0.2, 0) is 16.1 Å². The molecule has 0 radical (unpaired) electrons. The number of thioether (sulfide) groups is 1. The Labute approximate surface area is 242 Å². The second kappa shape index (κ2) is 13.5. The van der Waals surface area contributed by atoms with Crippen LogP contribution in [0.15, 0.2) is 46.0 Å². The predicted molar refractivity (Wildman–Crippen MR) is 157 cm³/mol. The smallest absolute Gasteiger partial charge is 0.337 e. The molecule has 10 heteroatoms. The van der Waals surface area contributed by atoms with Crippen molar-refractivity contribution in [1.82, 2.24) is 14.8 Å². The molecule has 1 aliphatic carbocycles. The van der Waals surface area contributed by atoms with Gasteiger partial charge in [-0.2, -0.15) is 0 Å². The number of amides is 1. The highest BCUT2D eigenvalue weighted by Crippen LogP contribution is 2.35. The van der Waals surface area contributed by atoms with Gasteiger partial charge in [-0.25, -0.2) is 4.79 Å². The van der Waals surface area contributed by atoms with Crippen molar-refractivity contribution >= 4 is 45.3 Å². The molecule has 0 unspecified atom stereocenters. The average molecular weight is 616 g/mol. The number of rotatable bonds is 10. The van der Waals surface area contributed by atoms with Gasteiger partial charge in [-0.05, 0) is 73.2 Å². The number of esters is 1. The van der Waals surface area contributed by atoms with Crippen LogP contribution < -0.4 is 10.1 Å². The quantitative estimate of drug-likeness (QED) is 0.193. The molecular formula is C29H35BrN4O4S. The maximum Gasteiger partial charge on any atom is 0.337 e. The summed E-state index contributed by atoms with van der Waals surface area (Å²) in [6.07, 6.45) is 5.69. The van der Waals surface area contributed by atoms with Crippen LogP contribution in [0.3, 0.4) is 0 Å². The molecule has 208 valence electrons. The molecule has 0 spiro atoms. The van der Waals surface area contributed by atoms with E-state index in [1.54, 1.807) is 24.3 Å². The summed E-state index contributed by atoms with van der Waals surface area (Å²) in [7, 11) is 1.34. The van der Waals surface area contributed by atoms with E-state index in [4.69, 9.17) is 9.47 Å². The number of hydrogen-bond donors (Lipinski definition) is 1. The molecule has 1 saturated carbocycles. The standard InChI is InChI=1S/C29H35BrN4O4S/c1-18(2)23-15-24(30)19(3)14-25(23)38-16-26-32-33-29(34(26)22-8-6-5-7-9-22)39-17-27(35)31-21-12-10-20(11-13-21)28(36)37-4/h10-15,18,22H,5-9,16-17H2,1-4H3,(H,31,35). The van der Waals surface area contributed by atoms with E-state index in [0.717, 1.165) is 45.2 Å². The fourth-order valence-electron chi connectivity index (χ4n) is 4.73. The van der Waals surface area contributed by atoms with Gasteiger partial charge < -0.3 is 14.8 Å². The highest BCUT2D eigenvalue weighted by atomic mass is 79.9. The minimum absolute atomic E-state index is 0.159. The fourth-order valence-corrected chi connectivity index (χ4v) is 5.92. The van der Waals surface area contributed by atoms with E-state index in [9.17, 15) is 9.59 Å². The van der Waals surface area contributed by atoms with E-state index in [2.05, 4.69) is 68.9 Å². The molecule has 1 aliphatic rings. The first kappa shape index (κ1) is 29.1. The van der Waals surface area contributed by atoms with E-state index < -0.39 is 5.97 Å². The van der Waals surface area contributed by atoms with E-state index >= 15 is 0 Å². The number of methoxy groups -OCH3 is 1. The number of ether oxygens (including phenoxy) is 2. The summed E-state index contributed by atoms with van der Waals surface area (Å²) in [4.78, 5) is 24.4. The number of nitrogens with zero attached hydrogens (tertiary/aromatic N) is 3. The molecule has 0 aliphatic heterocycles. The number of aryl methyl sites for hydroxylation is 1. The van der Waals surface area contributed by atoms with Gasteiger partial charge in [-0.1, -0.05) is 60.8 Å². The van der Waals surface area contributed by atoms with E-state index in [-0.39, 0.29) is 11.7 Å². The van der Waals surface area contributed by atoms with Crippen molar-refractivity contribution in [2.45, 2.75) is 76.6 Å². The Balaban J connectivity index is 1.47. The summed E-state index contributed by atoms with van der Waals surface area (Å²) >= 11 is 5.01. The summed E-state index contributed by atoms with van der Waals surface area (Å²) in [6, 6.07) is 11.1. The van der Waals surface area contributed by atoms with Crippen LogP contribution in [0.1, 0.15) is 85.2 Å². The van der Waals surface area contributed by atoms with Gasteiger partial charge in [0.2, 0.25) is 5.91 Å². The first-order valence-electron chi connectivity index (χ1n) is 13.2. The maximum absolute atomic E-state index is 12.7.